The molecular formula is C21H23N5O4. The van der Waals surface area contributed by atoms with Gasteiger partial charge in [-0.2, -0.15) is 0 Å². The molecule has 2 aromatic heterocycles. The number of hydrogen-bond acceptors (Lipinski definition) is 8. The number of hydrogen-bond donors (Lipinski definition) is 1. The molecule has 1 saturated heterocycles. The Morgan fingerprint density at radius 1 is 1.20 bits per heavy atom. The van der Waals surface area contributed by atoms with E-state index in [-0.39, 0.29) is 17.6 Å². The molecule has 1 unspecified atom stereocenters. The number of rotatable bonds is 6. The fourth-order valence-corrected chi connectivity index (χ4v) is 3.51. The van der Waals surface area contributed by atoms with Gasteiger partial charge in [-0.3, -0.25) is 4.79 Å². The quantitative estimate of drug-likeness (QED) is 0.663. The first-order valence-corrected chi connectivity index (χ1v) is 9.70. The zero-order valence-corrected chi connectivity index (χ0v) is 16.9. The largest absolute Gasteiger partial charge is 0.497 e. The van der Waals surface area contributed by atoms with Gasteiger partial charge in [-0.15, -0.1) is 0 Å². The van der Waals surface area contributed by atoms with Crippen LogP contribution in [0.1, 0.15) is 23.3 Å². The summed E-state index contributed by atoms with van der Waals surface area (Å²) in [4.78, 5) is 23.4. The van der Waals surface area contributed by atoms with Gasteiger partial charge in [-0.05, 0) is 37.1 Å². The smallest absolute Gasteiger partial charge is 0.273 e. The van der Waals surface area contributed by atoms with Crippen molar-refractivity contribution in [3.63, 3.8) is 0 Å². The number of anilines is 1. The van der Waals surface area contributed by atoms with Gasteiger partial charge in [0.15, 0.2) is 11.5 Å². The summed E-state index contributed by atoms with van der Waals surface area (Å²) in [5, 5.41) is 6.98. The van der Waals surface area contributed by atoms with Crippen LogP contribution in [0, 0.1) is 0 Å². The number of aromatic nitrogens is 3. The van der Waals surface area contributed by atoms with E-state index in [1.54, 1.807) is 56.9 Å². The van der Waals surface area contributed by atoms with Crippen molar-refractivity contribution in [1.82, 2.24) is 20.4 Å². The van der Waals surface area contributed by atoms with Crippen LogP contribution in [0.4, 0.5) is 5.95 Å². The highest BCUT2D eigenvalue weighted by Gasteiger charge is 2.25. The Labute approximate surface area is 174 Å². The lowest BCUT2D eigenvalue weighted by atomic mass is 10.1. The van der Waals surface area contributed by atoms with E-state index in [1.807, 2.05) is 0 Å². The fourth-order valence-electron chi connectivity index (χ4n) is 3.51. The van der Waals surface area contributed by atoms with E-state index in [2.05, 4.69) is 25.3 Å². The van der Waals surface area contributed by atoms with Crippen molar-refractivity contribution in [2.24, 2.45) is 0 Å². The molecule has 1 aliphatic heterocycles. The van der Waals surface area contributed by atoms with Crippen molar-refractivity contribution in [3.05, 3.63) is 48.4 Å². The monoisotopic (exact) mass is 409 g/mol. The number of nitrogens with one attached hydrogen (secondary N) is 1. The standard InChI is InChI=1S/C21H23N5O4/c1-28-15-6-7-18(29-2)16(11-15)19-12-17(25-30-19)20(27)24-14-5-3-10-26(13-14)21-22-8-4-9-23-21/h4,6-9,11-12,14H,3,5,10,13H2,1-2H3,(H,24,27). The fraction of sp³-hybridized carbons (Fsp3) is 0.333. The number of carbonyl (C=O) groups is 1. The van der Waals surface area contributed by atoms with Crippen LogP contribution in [-0.4, -0.2) is 54.4 Å². The van der Waals surface area contributed by atoms with Gasteiger partial charge in [0, 0.05) is 37.6 Å². The van der Waals surface area contributed by atoms with Crippen LogP contribution in [0.25, 0.3) is 11.3 Å². The summed E-state index contributed by atoms with van der Waals surface area (Å²) in [5.74, 6) is 2.07. The molecule has 1 amide bonds. The topological polar surface area (TPSA) is 103 Å². The predicted octanol–water partition coefficient (Wildman–Crippen LogP) is 2.55. The number of methoxy groups -OCH3 is 2. The third kappa shape index (κ3) is 4.19. The zero-order valence-electron chi connectivity index (χ0n) is 16.9. The Morgan fingerprint density at radius 2 is 2.03 bits per heavy atom. The van der Waals surface area contributed by atoms with E-state index in [0.29, 0.717) is 35.3 Å². The Morgan fingerprint density at radius 3 is 2.80 bits per heavy atom. The number of piperidine rings is 1. The van der Waals surface area contributed by atoms with Crippen molar-refractivity contribution in [2.75, 3.05) is 32.2 Å². The van der Waals surface area contributed by atoms with Gasteiger partial charge in [-0.1, -0.05) is 5.16 Å². The molecule has 0 radical (unpaired) electrons. The maximum Gasteiger partial charge on any atom is 0.273 e. The molecule has 156 valence electrons. The van der Waals surface area contributed by atoms with E-state index < -0.39 is 0 Å². The lowest BCUT2D eigenvalue weighted by Crippen LogP contribution is -2.48. The van der Waals surface area contributed by atoms with E-state index in [9.17, 15) is 4.79 Å². The van der Waals surface area contributed by atoms with Crippen molar-refractivity contribution >= 4 is 11.9 Å². The van der Waals surface area contributed by atoms with E-state index in [0.717, 1.165) is 19.4 Å². The maximum atomic E-state index is 12.7. The van der Waals surface area contributed by atoms with Crippen LogP contribution in [-0.2, 0) is 0 Å². The molecule has 30 heavy (non-hydrogen) atoms. The lowest BCUT2D eigenvalue weighted by molar-refractivity contribution is 0.0924. The third-order valence-corrected chi connectivity index (χ3v) is 5.01. The summed E-state index contributed by atoms with van der Waals surface area (Å²) in [6.45, 7) is 1.50. The van der Waals surface area contributed by atoms with E-state index in [4.69, 9.17) is 14.0 Å². The van der Waals surface area contributed by atoms with Gasteiger partial charge in [0.2, 0.25) is 5.95 Å². The predicted molar refractivity (Wildman–Crippen MR) is 110 cm³/mol. The van der Waals surface area contributed by atoms with E-state index >= 15 is 0 Å². The molecule has 0 spiro atoms. The van der Waals surface area contributed by atoms with Crippen LogP contribution in [0.3, 0.4) is 0 Å². The normalized spacial score (nSPS) is 16.2. The highest BCUT2D eigenvalue weighted by atomic mass is 16.5. The number of carbonyl (C=O) groups excluding carboxylic acids is 1. The maximum absolute atomic E-state index is 12.7. The summed E-state index contributed by atoms with van der Waals surface area (Å²) < 4.78 is 16.1. The van der Waals surface area contributed by atoms with Gasteiger partial charge in [0.05, 0.1) is 19.8 Å². The molecule has 0 aliphatic carbocycles. The molecule has 1 aromatic carbocycles. The van der Waals surface area contributed by atoms with Gasteiger partial charge in [0.25, 0.3) is 5.91 Å². The van der Waals surface area contributed by atoms with Gasteiger partial charge < -0.3 is 24.2 Å². The number of amides is 1. The zero-order chi connectivity index (χ0) is 20.9. The summed E-state index contributed by atoms with van der Waals surface area (Å²) in [6, 6.07) is 8.71. The molecule has 3 aromatic rings. The van der Waals surface area contributed by atoms with E-state index in [1.165, 1.54) is 0 Å². The summed E-state index contributed by atoms with van der Waals surface area (Å²) in [6.07, 6.45) is 5.25. The molecule has 0 saturated carbocycles. The summed E-state index contributed by atoms with van der Waals surface area (Å²) >= 11 is 0. The average Bonchev–Trinajstić information content (AvgIpc) is 3.30. The molecule has 0 bridgehead atoms. The van der Waals surface area contributed by atoms with Crippen molar-refractivity contribution in [2.45, 2.75) is 18.9 Å². The van der Waals surface area contributed by atoms with Crippen LogP contribution in [0.2, 0.25) is 0 Å². The SMILES string of the molecule is COc1ccc(OC)c(-c2cc(C(=O)NC3CCCN(c4ncccn4)C3)no2)c1. The Hall–Kier alpha value is -3.62. The highest BCUT2D eigenvalue weighted by Crippen LogP contribution is 2.33. The first-order chi connectivity index (χ1) is 14.7. The lowest BCUT2D eigenvalue weighted by Gasteiger charge is -2.32. The molecule has 1 fully saturated rings. The molecule has 9 nitrogen and oxygen atoms in total. The molecule has 1 N–H and O–H groups in total. The Kier molecular flexibility index (Phi) is 5.78. The molecule has 3 heterocycles. The average molecular weight is 409 g/mol. The molecule has 4 rings (SSSR count). The minimum absolute atomic E-state index is 0.0263. The first-order valence-electron chi connectivity index (χ1n) is 9.70. The molecular weight excluding hydrogens is 386 g/mol. The number of ether oxygens (including phenoxy) is 2. The van der Waals surface area contributed by atoms with Crippen LogP contribution < -0.4 is 19.7 Å². The van der Waals surface area contributed by atoms with Gasteiger partial charge in [0.1, 0.15) is 11.5 Å². The minimum Gasteiger partial charge on any atom is -0.497 e. The molecule has 9 heteroatoms. The van der Waals surface area contributed by atoms with Crippen molar-refractivity contribution < 1.29 is 18.8 Å². The number of nitrogens with zero attached hydrogens (tertiary/aromatic N) is 4. The summed E-state index contributed by atoms with van der Waals surface area (Å²) in [5.41, 5.74) is 0.872. The Balaban J connectivity index is 1.46. The highest BCUT2D eigenvalue weighted by molar-refractivity contribution is 5.93. The third-order valence-electron chi connectivity index (χ3n) is 5.01. The second-order valence-corrected chi connectivity index (χ2v) is 6.95. The summed E-state index contributed by atoms with van der Waals surface area (Å²) in [7, 11) is 3.15. The Bertz CT molecular complexity index is 1010. The molecule has 1 aliphatic rings. The van der Waals surface area contributed by atoms with Crippen LogP contribution in [0.5, 0.6) is 11.5 Å². The van der Waals surface area contributed by atoms with Gasteiger partial charge in [-0.25, -0.2) is 9.97 Å². The second-order valence-electron chi connectivity index (χ2n) is 6.95. The van der Waals surface area contributed by atoms with Crippen molar-refractivity contribution in [1.29, 1.82) is 0 Å². The number of benzene rings is 1. The molecule has 1 atom stereocenters. The van der Waals surface area contributed by atoms with Crippen LogP contribution >= 0.6 is 0 Å². The minimum atomic E-state index is -0.285. The second kappa shape index (κ2) is 8.81. The van der Waals surface area contributed by atoms with Crippen molar-refractivity contribution in [3.8, 4) is 22.8 Å². The van der Waals surface area contributed by atoms with Gasteiger partial charge >= 0.3 is 0 Å². The first kappa shape index (κ1) is 19.7. The van der Waals surface area contributed by atoms with Crippen LogP contribution in [0.15, 0.2) is 47.2 Å².